The number of halogens is 6. The molecule has 2 atom stereocenters. The molecule has 2 heterocycles. The molecule has 2 aliphatic rings. The quantitative estimate of drug-likeness (QED) is 0.279. The molecule has 0 bridgehead atoms. The second-order valence-electron chi connectivity index (χ2n) is 12.3. The minimum atomic E-state index is -6.01. The number of hydrogen-bond donors (Lipinski definition) is 2. The van der Waals surface area contributed by atoms with Gasteiger partial charge >= 0.3 is 18.4 Å². The molecule has 2 fully saturated rings. The smallest absolute Gasteiger partial charge is 0.430 e. The summed E-state index contributed by atoms with van der Waals surface area (Å²) in [7, 11) is 0. The number of nitrogens with one attached hydrogen (secondary N) is 1. The zero-order valence-corrected chi connectivity index (χ0v) is 26.6. The molecule has 4 amide bonds. The average molecular weight is 673 g/mol. The van der Waals surface area contributed by atoms with Crippen molar-refractivity contribution >= 4 is 23.5 Å². The fourth-order valence-corrected chi connectivity index (χ4v) is 6.02. The summed E-state index contributed by atoms with van der Waals surface area (Å²) >= 11 is 0. The van der Waals surface area contributed by atoms with Gasteiger partial charge in [-0.25, -0.2) is 4.79 Å². The van der Waals surface area contributed by atoms with E-state index in [2.05, 4.69) is 5.32 Å². The Bertz CT molecular complexity index is 1480. The Morgan fingerprint density at radius 3 is 2.19 bits per heavy atom. The Morgan fingerprint density at radius 2 is 1.66 bits per heavy atom. The van der Waals surface area contributed by atoms with E-state index < -0.39 is 59.5 Å². The highest BCUT2D eigenvalue weighted by Crippen LogP contribution is 2.50. The predicted molar refractivity (Wildman–Crippen MR) is 160 cm³/mol. The van der Waals surface area contributed by atoms with E-state index in [1.165, 1.54) is 4.90 Å². The van der Waals surface area contributed by atoms with Crippen LogP contribution >= 0.6 is 0 Å². The standard InChI is InChI=1S/C32H38F6N4O5/c1-6-7-21-16-23(30(46,31(33,34)35)32(36,37)38)10-13-25(21)40-14-15-41(20(4)17-40)26(43)18-42-27(44)29(5,39-28(42)45)22-8-11-24(12-9-22)47-19(2)3/h8-13,16,19-20,46H,6-7,14-15,17-18H2,1-5H3,(H,39,45). The van der Waals surface area contributed by atoms with Crippen LogP contribution < -0.4 is 15.0 Å². The summed E-state index contributed by atoms with van der Waals surface area (Å²) in [5.41, 5.74) is -6.71. The maximum Gasteiger partial charge on any atom is 0.430 e. The molecule has 2 saturated heterocycles. The van der Waals surface area contributed by atoms with Crippen LogP contribution in [0.15, 0.2) is 42.5 Å². The van der Waals surface area contributed by atoms with E-state index in [9.17, 15) is 45.8 Å². The number of hydrogen-bond acceptors (Lipinski definition) is 6. The first-order chi connectivity index (χ1) is 21.7. The summed E-state index contributed by atoms with van der Waals surface area (Å²) in [6.45, 7) is 8.65. The summed E-state index contributed by atoms with van der Waals surface area (Å²) < 4.78 is 86.8. The molecule has 0 aliphatic carbocycles. The molecule has 258 valence electrons. The van der Waals surface area contributed by atoms with Crippen LogP contribution in [0.25, 0.3) is 0 Å². The largest absolute Gasteiger partial charge is 0.491 e. The summed E-state index contributed by atoms with van der Waals surface area (Å²) in [5, 5.41) is 12.6. The van der Waals surface area contributed by atoms with Gasteiger partial charge in [-0.2, -0.15) is 26.3 Å². The Labute approximate surface area is 268 Å². The van der Waals surface area contributed by atoms with Crippen LogP contribution in [0.4, 0.5) is 36.8 Å². The van der Waals surface area contributed by atoms with Crippen molar-refractivity contribution in [3.05, 3.63) is 59.2 Å². The van der Waals surface area contributed by atoms with Crippen LogP contribution in [0.2, 0.25) is 0 Å². The number of aliphatic hydroxyl groups is 1. The zero-order valence-electron chi connectivity index (χ0n) is 26.6. The van der Waals surface area contributed by atoms with Crippen molar-refractivity contribution in [2.45, 2.75) is 83.1 Å². The highest BCUT2D eigenvalue weighted by Gasteiger charge is 2.71. The number of imide groups is 1. The van der Waals surface area contributed by atoms with Crippen LogP contribution in [-0.4, -0.2) is 83.4 Å². The van der Waals surface area contributed by atoms with Gasteiger partial charge in [0, 0.05) is 36.9 Å². The SMILES string of the molecule is CCCc1cc(C(O)(C(F)(F)F)C(F)(F)F)ccc1N1CCN(C(=O)CN2C(=O)NC(C)(c3ccc(OC(C)C)cc3)C2=O)C(C)C1. The lowest BCUT2D eigenvalue weighted by atomic mass is 9.89. The van der Waals surface area contributed by atoms with Gasteiger partial charge in [-0.1, -0.05) is 37.6 Å². The fraction of sp³-hybridized carbons (Fsp3) is 0.531. The molecule has 2 aliphatic heterocycles. The van der Waals surface area contributed by atoms with E-state index in [1.54, 1.807) is 49.9 Å². The summed E-state index contributed by atoms with van der Waals surface area (Å²) in [6, 6.07) is 7.95. The number of ether oxygens (including phenoxy) is 1. The average Bonchev–Trinajstić information content (AvgIpc) is 3.19. The van der Waals surface area contributed by atoms with Gasteiger partial charge in [0.05, 0.1) is 6.10 Å². The first kappa shape index (κ1) is 35.8. The second-order valence-corrected chi connectivity index (χ2v) is 12.3. The fourth-order valence-electron chi connectivity index (χ4n) is 6.02. The number of carbonyl (C=O) groups is 3. The van der Waals surface area contributed by atoms with Gasteiger partial charge in [0.1, 0.15) is 17.8 Å². The first-order valence-corrected chi connectivity index (χ1v) is 15.2. The maximum absolute atomic E-state index is 13.5. The van der Waals surface area contributed by atoms with Crippen molar-refractivity contribution in [1.29, 1.82) is 0 Å². The summed E-state index contributed by atoms with van der Waals surface area (Å²) in [5.74, 6) is -0.525. The molecule has 9 nitrogen and oxygen atoms in total. The third kappa shape index (κ3) is 6.72. The van der Waals surface area contributed by atoms with Crippen molar-refractivity contribution in [1.82, 2.24) is 15.1 Å². The number of aryl methyl sites for hydroxylation is 1. The molecule has 4 rings (SSSR count). The van der Waals surface area contributed by atoms with Crippen molar-refractivity contribution in [3.8, 4) is 5.75 Å². The van der Waals surface area contributed by atoms with E-state index in [-0.39, 0.29) is 37.7 Å². The van der Waals surface area contributed by atoms with E-state index in [0.717, 1.165) is 17.0 Å². The highest BCUT2D eigenvalue weighted by molar-refractivity contribution is 6.09. The second kappa shape index (κ2) is 12.9. The number of benzene rings is 2. The van der Waals surface area contributed by atoms with Crippen molar-refractivity contribution in [2.75, 3.05) is 31.1 Å². The molecule has 0 spiro atoms. The van der Waals surface area contributed by atoms with Crippen molar-refractivity contribution in [2.24, 2.45) is 0 Å². The third-order valence-corrected chi connectivity index (χ3v) is 8.50. The van der Waals surface area contributed by atoms with E-state index in [4.69, 9.17) is 4.74 Å². The highest BCUT2D eigenvalue weighted by atomic mass is 19.4. The van der Waals surface area contributed by atoms with E-state index >= 15 is 0 Å². The molecule has 0 radical (unpaired) electrons. The van der Waals surface area contributed by atoms with Gasteiger partial charge < -0.3 is 25.0 Å². The molecule has 0 aromatic heterocycles. The Morgan fingerprint density at radius 1 is 1.04 bits per heavy atom. The molecule has 2 unspecified atom stereocenters. The molecule has 2 aromatic carbocycles. The molecule has 0 saturated carbocycles. The topological polar surface area (TPSA) is 102 Å². The Hall–Kier alpha value is -4.01. The molecule has 2 N–H and O–H groups in total. The number of piperazine rings is 1. The lowest BCUT2D eigenvalue weighted by Crippen LogP contribution is -2.56. The predicted octanol–water partition coefficient (Wildman–Crippen LogP) is 5.24. The monoisotopic (exact) mass is 672 g/mol. The Balaban J connectivity index is 1.48. The molecular weight excluding hydrogens is 634 g/mol. The lowest BCUT2D eigenvalue weighted by Gasteiger charge is -2.42. The number of urea groups is 1. The van der Waals surface area contributed by atoms with Gasteiger partial charge in [0.15, 0.2) is 0 Å². The van der Waals surface area contributed by atoms with Crippen LogP contribution in [0.3, 0.4) is 0 Å². The summed E-state index contributed by atoms with van der Waals surface area (Å²) in [6.07, 6.45) is -11.5. The van der Waals surface area contributed by atoms with Crippen molar-refractivity contribution < 1.29 is 50.6 Å². The minimum Gasteiger partial charge on any atom is -0.491 e. The number of anilines is 1. The lowest BCUT2D eigenvalue weighted by molar-refractivity contribution is -0.376. The van der Waals surface area contributed by atoms with Gasteiger partial charge in [0.2, 0.25) is 5.91 Å². The molecule has 47 heavy (non-hydrogen) atoms. The van der Waals surface area contributed by atoms with E-state index in [1.807, 2.05) is 13.8 Å². The number of alkyl halides is 6. The molecule has 15 heteroatoms. The normalized spacial score (nSPS) is 21.0. The first-order valence-electron chi connectivity index (χ1n) is 15.2. The zero-order chi connectivity index (χ0) is 35.1. The van der Waals surface area contributed by atoms with Gasteiger partial charge in [0.25, 0.3) is 11.5 Å². The third-order valence-electron chi connectivity index (χ3n) is 8.50. The number of amides is 4. The maximum atomic E-state index is 13.5. The molecular formula is C32H38F6N4O5. The van der Waals surface area contributed by atoms with E-state index in [0.29, 0.717) is 29.5 Å². The number of carbonyl (C=O) groups excluding carboxylic acids is 3. The minimum absolute atomic E-state index is 0.0583. The Kier molecular flexibility index (Phi) is 9.83. The van der Waals surface area contributed by atoms with Crippen LogP contribution in [0.1, 0.15) is 57.7 Å². The van der Waals surface area contributed by atoms with Gasteiger partial charge in [-0.05, 0) is 63.4 Å². The van der Waals surface area contributed by atoms with Crippen LogP contribution in [0.5, 0.6) is 5.75 Å². The summed E-state index contributed by atoms with van der Waals surface area (Å²) in [4.78, 5) is 43.8. The number of rotatable bonds is 9. The van der Waals surface area contributed by atoms with Crippen molar-refractivity contribution in [3.63, 3.8) is 0 Å². The molecule has 2 aromatic rings. The van der Waals surface area contributed by atoms with Crippen LogP contribution in [-0.2, 0) is 27.1 Å². The van der Waals surface area contributed by atoms with Gasteiger partial charge in [-0.3, -0.25) is 14.5 Å². The van der Waals surface area contributed by atoms with Gasteiger partial charge in [-0.15, -0.1) is 0 Å². The van der Waals surface area contributed by atoms with Crippen LogP contribution in [0, 0.1) is 0 Å². The number of nitrogens with zero attached hydrogens (tertiary/aromatic N) is 3.